The van der Waals surface area contributed by atoms with Crippen LogP contribution in [0.3, 0.4) is 0 Å². The van der Waals surface area contributed by atoms with Crippen molar-refractivity contribution in [3.8, 4) is 0 Å². The first-order valence-electron chi connectivity index (χ1n) is 5.53. The Kier molecular flexibility index (Phi) is 5.71. The zero-order valence-electron chi connectivity index (χ0n) is 9.89. The number of carbonyl (C=O) groups excluding carboxylic acids is 1. The molecule has 1 fully saturated rings. The fourth-order valence-corrected chi connectivity index (χ4v) is 2.34. The largest absolute Gasteiger partial charge is 0.348 e. The monoisotopic (exact) mass is 349 g/mol. The number of nitro benzene ring substituents is 1. The predicted molar refractivity (Wildman–Crippen MR) is 76.8 cm³/mol. The molecular formula is C11H13BrClN3O3. The van der Waals surface area contributed by atoms with E-state index in [0.29, 0.717) is 10.0 Å². The lowest BCUT2D eigenvalue weighted by atomic mass is 10.1. The Labute approximate surface area is 124 Å². The molecule has 1 amide bonds. The van der Waals surface area contributed by atoms with Crippen molar-refractivity contribution >= 4 is 39.9 Å². The summed E-state index contributed by atoms with van der Waals surface area (Å²) < 4.78 is 0.520. The minimum Gasteiger partial charge on any atom is -0.348 e. The van der Waals surface area contributed by atoms with E-state index in [1.807, 2.05) is 0 Å². The lowest BCUT2D eigenvalue weighted by Gasteiger charge is -2.11. The van der Waals surface area contributed by atoms with Gasteiger partial charge in [0.15, 0.2) is 0 Å². The maximum Gasteiger partial charge on any atom is 0.271 e. The van der Waals surface area contributed by atoms with Gasteiger partial charge in [0.25, 0.3) is 11.6 Å². The van der Waals surface area contributed by atoms with Crippen LogP contribution in [0.5, 0.6) is 0 Å². The summed E-state index contributed by atoms with van der Waals surface area (Å²) in [4.78, 5) is 22.1. The fourth-order valence-electron chi connectivity index (χ4n) is 1.86. The molecular weight excluding hydrogens is 337 g/mol. The minimum absolute atomic E-state index is 0. The van der Waals surface area contributed by atoms with Gasteiger partial charge in [0.2, 0.25) is 0 Å². The molecule has 1 atom stereocenters. The van der Waals surface area contributed by atoms with Gasteiger partial charge in [-0.1, -0.05) is 15.9 Å². The molecule has 6 nitrogen and oxygen atoms in total. The smallest absolute Gasteiger partial charge is 0.271 e. The molecule has 0 spiro atoms. The van der Waals surface area contributed by atoms with Crippen molar-refractivity contribution in [2.75, 3.05) is 13.1 Å². The number of rotatable bonds is 3. The molecule has 0 saturated carbocycles. The van der Waals surface area contributed by atoms with Crippen LogP contribution in [-0.2, 0) is 0 Å². The molecule has 1 aliphatic heterocycles. The molecule has 1 aromatic rings. The van der Waals surface area contributed by atoms with Gasteiger partial charge < -0.3 is 10.6 Å². The highest BCUT2D eigenvalue weighted by atomic mass is 79.9. The number of nitrogens with one attached hydrogen (secondary N) is 2. The van der Waals surface area contributed by atoms with Crippen molar-refractivity contribution in [1.29, 1.82) is 0 Å². The molecule has 0 aromatic heterocycles. The quantitative estimate of drug-likeness (QED) is 0.644. The van der Waals surface area contributed by atoms with Crippen molar-refractivity contribution in [3.05, 3.63) is 38.3 Å². The second-order valence-electron chi connectivity index (χ2n) is 4.12. The number of nitrogens with zero attached hydrogens (tertiary/aromatic N) is 1. The molecule has 1 saturated heterocycles. The van der Waals surface area contributed by atoms with E-state index >= 15 is 0 Å². The average molecular weight is 351 g/mol. The predicted octanol–water partition coefficient (Wildman–Crippen LogP) is 1.87. The van der Waals surface area contributed by atoms with Crippen LogP contribution < -0.4 is 10.6 Å². The standard InChI is InChI=1S/C11H12BrN3O3.ClH/c12-8-3-7(4-10(5-8)15(17)18)11(16)14-9-1-2-13-6-9;/h3-5,9,13H,1-2,6H2,(H,14,16);1H. The van der Waals surface area contributed by atoms with Crippen LogP contribution in [-0.4, -0.2) is 30.0 Å². The van der Waals surface area contributed by atoms with Gasteiger partial charge in [-0.25, -0.2) is 0 Å². The maximum absolute atomic E-state index is 11.9. The van der Waals surface area contributed by atoms with Crippen LogP contribution in [0.15, 0.2) is 22.7 Å². The highest BCUT2D eigenvalue weighted by Crippen LogP contribution is 2.21. The lowest BCUT2D eigenvalue weighted by Crippen LogP contribution is -2.36. The Morgan fingerprint density at radius 1 is 1.47 bits per heavy atom. The van der Waals surface area contributed by atoms with Gasteiger partial charge in [0.05, 0.1) is 4.92 Å². The lowest BCUT2D eigenvalue weighted by molar-refractivity contribution is -0.385. The molecule has 1 aromatic carbocycles. The van der Waals surface area contributed by atoms with E-state index in [4.69, 9.17) is 0 Å². The summed E-state index contributed by atoms with van der Waals surface area (Å²) in [6, 6.07) is 4.32. The van der Waals surface area contributed by atoms with Gasteiger partial charge in [-0.05, 0) is 19.0 Å². The summed E-state index contributed by atoms with van der Waals surface area (Å²) in [5.74, 6) is -0.284. The number of amides is 1. The van der Waals surface area contributed by atoms with Crippen LogP contribution in [0.25, 0.3) is 0 Å². The second kappa shape index (κ2) is 6.83. The summed E-state index contributed by atoms with van der Waals surface area (Å²) in [5, 5.41) is 16.7. The molecule has 1 aliphatic rings. The number of halogens is 2. The van der Waals surface area contributed by atoms with E-state index in [9.17, 15) is 14.9 Å². The van der Waals surface area contributed by atoms with Crippen molar-refractivity contribution in [2.45, 2.75) is 12.5 Å². The zero-order valence-corrected chi connectivity index (χ0v) is 12.3. The first-order chi connectivity index (χ1) is 8.56. The number of benzene rings is 1. The summed E-state index contributed by atoms with van der Waals surface area (Å²) >= 11 is 3.17. The summed E-state index contributed by atoms with van der Waals surface area (Å²) in [7, 11) is 0. The number of non-ortho nitro benzene ring substituents is 1. The number of carbonyl (C=O) groups is 1. The normalized spacial score (nSPS) is 17.6. The van der Waals surface area contributed by atoms with Gasteiger partial charge in [-0.3, -0.25) is 14.9 Å². The Balaban J connectivity index is 0.00000180. The van der Waals surface area contributed by atoms with Gasteiger partial charge in [0, 0.05) is 34.8 Å². The van der Waals surface area contributed by atoms with Crippen LogP contribution in [0.4, 0.5) is 5.69 Å². The van der Waals surface area contributed by atoms with Crippen LogP contribution in [0.1, 0.15) is 16.8 Å². The molecule has 0 bridgehead atoms. The molecule has 2 N–H and O–H groups in total. The molecule has 1 heterocycles. The Morgan fingerprint density at radius 2 is 2.21 bits per heavy atom. The van der Waals surface area contributed by atoms with Crippen LogP contribution in [0, 0.1) is 10.1 Å². The maximum atomic E-state index is 11.9. The van der Waals surface area contributed by atoms with Gasteiger partial charge in [0.1, 0.15) is 0 Å². The zero-order chi connectivity index (χ0) is 13.1. The first kappa shape index (κ1) is 15.9. The molecule has 0 radical (unpaired) electrons. The summed E-state index contributed by atoms with van der Waals surface area (Å²) in [5.41, 5.74) is 0.196. The average Bonchev–Trinajstić information content (AvgIpc) is 2.80. The minimum atomic E-state index is -0.515. The van der Waals surface area contributed by atoms with E-state index in [0.717, 1.165) is 19.5 Å². The van der Waals surface area contributed by atoms with Crippen molar-refractivity contribution in [3.63, 3.8) is 0 Å². The third kappa shape index (κ3) is 4.15. The third-order valence-corrected chi connectivity index (χ3v) is 3.21. The van der Waals surface area contributed by atoms with Crippen molar-refractivity contribution in [2.24, 2.45) is 0 Å². The highest BCUT2D eigenvalue weighted by Gasteiger charge is 2.19. The summed E-state index contributed by atoms with van der Waals surface area (Å²) in [6.07, 6.45) is 0.877. The topological polar surface area (TPSA) is 84.3 Å². The van der Waals surface area contributed by atoms with E-state index in [1.165, 1.54) is 12.1 Å². The van der Waals surface area contributed by atoms with Gasteiger partial charge in [-0.15, -0.1) is 12.4 Å². The molecule has 0 aliphatic carbocycles. The second-order valence-corrected chi connectivity index (χ2v) is 5.03. The van der Waals surface area contributed by atoms with Crippen molar-refractivity contribution < 1.29 is 9.72 Å². The van der Waals surface area contributed by atoms with Crippen LogP contribution in [0.2, 0.25) is 0 Å². The van der Waals surface area contributed by atoms with E-state index in [2.05, 4.69) is 26.6 Å². The fraction of sp³-hybridized carbons (Fsp3) is 0.364. The third-order valence-electron chi connectivity index (χ3n) is 2.75. The molecule has 104 valence electrons. The van der Waals surface area contributed by atoms with Gasteiger partial charge >= 0.3 is 0 Å². The molecule has 8 heteroatoms. The van der Waals surface area contributed by atoms with E-state index < -0.39 is 4.92 Å². The number of hydrogen-bond donors (Lipinski definition) is 2. The highest BCUT2D eigenvalue weighted by molar-refractivity contribution is 9.10. The molecule has 2 rings (SSSR count). The molecule has 19 heavy (non-hydrogen) atoms. The van der Waals surface area contributed by atoms with Crippen molar-refractivity contribution in [1.82, 2.24) is 10.6 Å². The van der Waals surface area contributed by atoms with E-state index in [-0.39, 0.29) is 30.0 Å². The Hall–Kier alpha value is -1.18. The van der Waals surface area contributed by atoms with Gasteiger partial charge in [-0.2, -0.15) is 0 Å². The SMILES string of the molecule is Cl.O=C(NC1CCNC1)c1cc(Br)cc([N+](=O)[O-])c1. The first-order valence-corrected chi connectivity index (χ1v) is 6.32. The molecule has 1 unspecified atom stereocenters. The van der Waals surface area contributed by atoms with Crippen LogP contribution >= 0.6 is 28.3 Å². The van der Waals surface area contributed by atoms with E-state index in [1.54, 1.807) is 6.07 Å². The Bertz CT molecular complexity index is 492. The Morgan fingerprint density at radius 3 is 2.79 bits per heavy atom. The summed E-state index contributed by atoms with van der Waals surface area (Å²) in [6.45, 7) is 1.62. The number of nitro groups is 1. The number of hydrogen-bond acceptors (Lipinski definition) is 4.